The highest BCUT2D eigenvalue weighted by Gasteiger charge is 2.31. The molecule has 4 rings (SSSR count). The monoisotopic (exact) mass is 528 g/mol. The first kappa shape index (κ1) is 27.7. The van der Waals surface area contributed by atoms with E-state index in [9.17, 15) is 14.4 Å². The van der Waals surface area contributed by atoms with Gasteiger partial charge in [0, 0.05) is 25.7 Å². The summed E-state index contributed by atoms with van der Waals surface area (Å²) in [4.78, 5) is 39.6. The number of nitrogens with one attached hydrogen (secondary N) is 3. The first-order valence-electron chi connectivity index (χ1n) is 13.3. The number of carbonyl (C=O) groups excluding carboxylic acids is 3. The van der Waals surface area contributed by atoms with Crippen LogP contribution in [0.25, 0.3) is 11.1 Å². The molecule has 3 aromatic carbocycles. The number of hydrogen-bond donors (Lipinski definition) is 3. The smallest absolute Gasteiger partial charge is 0.314 e. The zero-order valence-electron chi connectivity index (χ0n) is 22.8. The van der Waals surface area contributed by atoms with Gasteiger partial charge >= 0.3 is 6.03 Å². The minimum absolute atomic E-state index is 0.103. The second-order valence-corrected chi connectivity index (χ2v) is 9.61. The summed E-state index contributed by atoms with van der Waals surface area (Å²) in [5, 5.41) is 8.37. The van der Waals surface area contributed by atoms with E-state index in [1.807, 2.05) is 73.7 Å². The average Bonchev–Trinajstić information content (AvgIpc) is 3.08. The lowest BCUT2D eigenvalue weighted by atomic mass is 9.98. The highest BCUT2D eigenvalue weighted by molar-refractivity contribution is 6.00. The van der Waals surface area contributed by atoms with E-state index in [1.165, 1.54) is 0 Å². The summed E-state index contributed by atoms with van der Waals surface area (Å²) < 4.78 is 5.43. The van der Waals surface area contributed by atoms with E-state index in [2.05, 4.69) is 16.0 Å². The largest absolute Gasteiger partial charge is 0.497 e. The van der Waals surface area contributed by atoms with E-state index in [4.69, 9.17) is 4.74 Å². The van der Waals surface area contributed by atoms with E-state index in [1.54, 1.807) is 19.1 Å². The number of ether oxygens (including phenoxy) is 1. The molecular formula is C31H36N4O4. The minimum Gasteiger partial charge on any atom is -0.497 e. The summed E-state index contributed by atoms with van der Waals surface area (Å²) in [6.07, 6.45) is 2.31. The second-order valence-electron chi connectivity index (χ2n) is 9.61. The van der Waals surface area contributed by atoms with Gasteiger partial charge in [0.25, 0.3) is 0 Å². The molecule has 204 valence electrons. The Kier molecular flexibility index (Phi) is 9.20. The van der Waals surface area contributed by atoms with Crippen molar-refractivity contribution in [1.82, 2.24) is 16.0 Å². The van der Waals surface area contributed by atoms with Crippen LogP contribution in [0.5, 0.6) is 5.75 Å². The Morgan fingerprint density at radius 2 is 1.82 bits per heavy atom. The van der Waals surface area contributed by atoms with Crippen LogP contribution in [0.4, 0.5) is 10.5 Å². The fourth-order valence-corrected chi connectivity index (χ4v) is 4.87. The molecule has 39 heavy (non-hydrogen) atoms. The number of hydrogen-bond acceptors (Lipinski definition) is 4. The van der Waals surface area contributed by atoms with Crippen molar-refractivity contribution in [2.75, 3.05) is 19.1 Å². The molecule has 1 heterocycles. The maximum Gasteiger partial charge on any atom is 0.314 e. The molecule has 0 radical (unpaired) electrons. The van der Waals surface area contributed by atoms with Crippen molar-refractivity contribution in [3.63, 3.8) is 0 Å². The first-order chi connectivity index (χ1) is 18.9. The molecule has 3 aromatic rings. The van der Waals surface area contributed by atoms with Crippen LogP contribution >= 0.6 is 0 Å². The lowest BCUT2D eigenvalue weighted by Gasteiger charge is -2.27. The van der Waals surface area contributed by atoms with Crippen LogP contribution in [0.3, 0.4) is 0 Å². The normalized spacial score (nSPS) is 14.7. The third-order valence-corrected chi connectivity index (χ3v) is 6.95. The van der Waals surface area contributed by atoms with Crippen molar-refractivity contribution in [2.45, 2.75) is 51.7 Å². The van der Waals surface area contributed by atoms with Crippen molar-refractivity contribution in [1.29, 1.82) is 0 Å². The lowest BCUT2D eigenvalue weighted by molar-refractivity contribution is -0.127. The van der Waals surface area contributed by atoms with Gasteiger partial charge in [0.1, 0.15) is 11.8 Å². The highest BCUT2D eigenvalue weighted by Crippen LogP contribution is 2.32. The molecule has 1 atom stereocenters. The van der Waals surface area contributed by atoms with Gasteiger partial charge in [-0.25, -0.2) is 4.79 Å². The number of amides is 4. The summed E-state index contributed by atoms with van der Waals surface area (Å²) in [6.45, 7) is 2.73. The molecule has 0 fully saturated rings. The Morgan fingerprint density at radius 1 is 1.05 bits per heavy atom. The van der Waals surface area contributed by atoms with Crippen LogP contribution in [0.1, 0.15) is 42.9 Å². The molecule has 0 saturated carbocycles. The molecule has 8 heteroatoms. The van der Waals surface area contributed by atoms with Gasteiger partial charge in [-0.1, -0.05) is 55.5 Å². The van der Waals surface area contributed by atoms with Crippen molar-refractivity contribution in [2.24, 2.45) is 0 Å². The van der Waals surface area contributed by atoms with Crippen LogP contribution < -0.4 is 25.6 Å². The third kappa shape index (κ3) is 6.76. The van der Waals surface area contributed by atoms with E-state index < -0.39 is 6.04 Å². The van der Waals surface area contributed by atoms with Gasteiger partial charge in [-0.2, -0.15) is 0 Å². The number of anilines is 1. The zero-order valence-corrected chi connectivity index (χ0v) is 22.8. The Balaban J connectivity index is 1.59. The molecule has 1 aliphatic heterocycles. The van der Waals surface area contributed by atoms with E-state index in [0.29, 0.717) is 32.4 Å². The predicted octanol–water partition coefficient (Wildman–Crippen LogP) is 4.56. The van der Waals surface area contributed by atoms with Gasteiger partial charge < -0.3 is 25.6 Å². The maximum absolute atomic E-state index is 13.7. The van der Waals surface area contributed by atoms with Gasteiger partial charge in [-0.15, -0.1) is 0 Å². The molecule has 3 N–H and O–H groups in total. The Bertz CT molecular complexity index is 1320. The van der Waals surface area contributed by atoms with Crippen molar-refractivity contribution < 1.29 is 19.1 Å². The molecule has 0 saturated heterocycles. The number of aryl methyl sites for hydroxylation is 1. The molecule has 1 aliphatic rings. The number of urea groups is 1. The molecule has 0 aliphatic carbocycles. The third-order valence-electron chi connectivity index (χ3n) is 6.95. The molecule has 0 bridgehead atoms. The van der Waals surface area contributed by atoms with Crippen molar-refractivity contribution >= 4 is 23.5 Å². The summed E-state index contributed by atoms with van der Waals surface area (Å²) in [7, 11) is 3.22. The van der Waals surface area contributed by atoms with E-state index in [-0.39, 0.29) is 17.8 Å². The fraction of sp³-hybridized carbons (Fsp3) is 0.323. The highest BCUT2D eigenvalue weighted by atomic mass is 16.5. The Hall–Kier alpha value is -4.33. The summed E-state index contributed by atoms with van der Waals surface area (Å²) in [6, 6.07) is 21.0. The van der Waals surface area contributed by atoms with E-state index >= 15 is 0 Å². The topological polar surface area (TPSA) is 99.8 Å². The molecule has 0 unspecified atom stereocenters. The minimum atomic E-state index is -0.582. The molecular weight excluding hydrogens is 492 g/mol. The predicted molar refractivity (Wildman–Crippen MR) is 153 cm³/mol. The standard InChI is InChI=1S/C31H36N4O4/c1-4-7-29(36)34-27-16-14-23-18-25(39-3)15-17-28(23)35(30(27)37)20-21-10-12-22(13-11-21)26-9-6-5-8-24(26)19-33-31(38)32-2/h5-6,8-13,15,17-18,27H,4,7,14,16,19-20H2,1-3H3,(H,34,36)(H2,32,33,38)/t27-/m1/s1. The quantitative estimate of drug-likeness (QED) is 0.379. The van der Waals surface area contributed by atoms with Gasteiger partial charge in [-0.05, 0) is 65.3 Å². The van der Waals surface area contributed by atoms with Crippen LogP contribution in [-0.2, 0) is 29.1 Å². The Morgan fingerprint density at radius 3 is 2.54 bits per heavy atom. The number of rotatable bonds is 9. The summed E-state index contributed by atoms with van der Waals surface area (Å²) in [5.74, 6) is 0.523. The van der Waals surface area contributed by atoms with Crippen molar-refractivity contribution in [3.05, 3.63) is 83.4 Å². The first-order valence-corrected chi connectivity index (χ1v) is 13.3. The molecule has 8 nitrogen and oxygen atoms in total. The fourth-order valence-electron chi connectivity index (χ4n) is 4.87. The van der Waals surface area contributed by atoms with Gasteiger partial charge in [0.05, 0.1) is 13.7 Å². The number of benzene rings is 3. The van der Waals surface area contributed by atoms with Crippen LogP contribution in [0.2, 0.25) is 0 Å². The average molecular weight is 529 g/mol. The Labute approximate surface area is 229 Å². The molecule has 4 amide bonds. The zero-order chi connectivity index (χ0) is 27.8. The van der Waals surface area contributed by atoms with Gasteiger partial charge in [0.2, 0.25) is 11.8 Å². The number of methoxy groups -OCH3 is 1. The molecule has 0 aromatic heterocycles. The summed E-state index contributed by atoms with van der Waals surface area (Å²) in [5.41, 5.74) is 5.87. The van der Waals surface area contributed by atoms with Crippen LogP contribution in [0, 0.1) is 0 Å². The number of nitrogens with zero attached hydrogens (tertiary/aromatic N) is 1. The molecule has 0 spiro atoms. The van der Waals surface area contributed by atoms with Crippen LogP contribution in [-0.4, -0.2) is 38.0 Å². The maximum atomic E-state index is 13.7. The van der Waals surface area contributed by atoms with Crippen LogP contribution in [0.15, 0.2) is 66.7 Å². The number of fused-ring (bicyclic) bond motifs is 1. The van der Waals surface area contributed by atoms with Gasteiger partial charge in [-0.3, -0.25) is 9.59 Å². The lowest BCUT2D eigenvalue weighted by Crippen LogP contribution is -2.47. The van der Waals surface area contributed by atoms with Crippen molar-refractivity contribution in [3.8, 4) is 16.9 Å². The van der Waals surface area contributed by atoms with Gasteiger partial charge in [0.15, 0.2) is 0 Å². The SMILES string of the molecule is CCCC(=O)N[C@@H]1CCc2cc(OC)ccc2N(Cc2ccc(-c3ccccc3CNC(=O)NC)cc2)C1=O. The summed E-state index contributed by atoms with van der Waals surface area (Å²) >= 11 is 0. The number of carbonyl (C=O) groups is 3. The second kappa shape index (κ2) is 13.0. The van der Waals surface area contributed by atoms with E-state index in [0.717, 1.165) is 45.7 Å².